The van der Waals surface area contributed by atoms with Gasteiger partial charge in [0.1, 0.15) is 6.26 Å². The Labute approximate surface area is 132 Å². The molecule has 0 aliphatic rings. The standard InChI is InChI=1S/C17H14N2O2S/c1-12-18-15(11-21-12)17(20)19-14-9-5-6-10-16(14)22-13-7-3-2-4-8-13/h2-11H,1H3,(H,19,20). The molecule has 22 heavy (non-hydrogen) atoms. The summed E-state index contributed by atoms with van der Waals surface area (Å²) < 4.78 is 5.07. The van der Waals surface area contributed by atoms with Gasteiger partial charge in [0.2, 0.25) is 0 Å². The third-order valence-corrected chi connectivity index (χ3v) is 4.04. The van der Waals surface area contributed by atoms with Crippen molar-refractivity contribution in [2.24, 2.45) is 0 Å². The van der Waals surface area contributed by atoms with Crippen molar-refractivity contribution in [1.82, 2.24) is 4.98 Å². The first-order valence-corrected chi connectivity index (χ1v) is 7.59. The molecule has 0 saturated heterocycles. The fourth-order valence-electron chi connectivity index (χ4n) is 1.93. The molecule has 1 N–H and O–H groups in total. The van der Waals surface area contributed by atoms with Crippen LogP contribution in [-0.2, 0) is 0 Å². The number of nitrogens with one attached hydrogen (secondary N) is 1. The molecular weight excluding hydrogens is 296 g/mol. The highest BCUT2D eigenvalue weighted by Gasteiger charge is 2.13. The first-order chi connectivity index (χ1) is 10.7. The summed E-state index contributed by atoms with van der Waals surface area (Å²) in [6.07, 6.45) is 1.36. The molecule has 0 spiro atoms. The summed E-state index contributed by atoms with van der Waals surface area (Å²) in [6.45, 7) is 1.70. The van der Waals surface area contributed by atoms with E-state index in [0.29, 0.717) is 5.89 Å². The molecule has 5 heteroatoms. The van der Waals surface area contributed by atoms with Gasteiger partial charge in [0.25, 0.3) is 5.91 Å². The number of aryl methyl sites for hydroxylation is 1. The van der Waals surface area contributed by atoms with E-state index in [1.165, 1.54) is 6.26 Å². The molecule has 4 nitrogen and oxygen atoms in total. The van der Waals surface area contributed by atoms with Crippen molar-refractivity contribution >= 4 is 23.4 Å². The van der Waals surface area contributed by atoms with Gasteiger partial charge in [0, 0.05) is 16.7 Å². The Bertz CT molecular complexity index is 784. The second-order valence-corrected chi connectivity index (χ2v) is 5.73. The van der Waals surface area contributed by atoms with E-state index in [4.69, 9.17) is 4.42 Å². The van der Waals surface area contributed by atoms with Crippen LogP contribution in [0, 0.1) is 6.92 Å². The molecule has 0 aliphatic heterocycles. The Hall–Kier alpha value is -2.53. The highest BCUT2D eigenvalue weighted by atomic mass is 32.2. The normalized spacial score (nSPS) is 10.4. The number of rotatable bonds is 4. The highest BCUT2D eigenvalue weighted by molar-refractivity contribution is 7.99. The minimum absolute atomic E-state index is 0.275. The lowest BCUT2D eigenvalue weighted by molar-refractivity contribution is 0.102. The zero-order valence-electron chi connectivity index (χ0n) is 11.9. The summed E-state index contributed by atoms with van der Waals surface area (Å²) in [4.78, 5) is 18.3. The molecule has 0 unspecified atom stereocenters. The molecule has 1 aromatic heterocycles. The second-order valence-electron chi connectivity index (χ2n) is 4.62. The summed E-state index contributed by atoms with van der Waals surface area (Å²) in [5.74, 6) is 0.190. The monoisotopic (exact) mass is 310 g/mol. The Morgan fingerprint density at radius 1 is 1.09 bits per heavy atom. The van der Waals surface area contributed by atoms with E-state index in [9.17, 15) is 4.79 Å². The number of hydrogen-bond donors (Lipinski definition) is 1. The topological polar surface area (TPSA) is 55.1 Å². The highest BCUT2D eigenvalue weighted by Crippen LogP contribution is 2.33. The van der Waals surface area contributed by atoms with Crippen LogP contribution < -0.4 is 5.32 Å². The smallest absolute Gasteiger partial charge is 0.277 e. The van der Waals surface area contributed by atoms with E-state index < -0.39 is 0 Å². The van der Waals surface area contributed by atoms with Crippen molar-refractivity contribution in [1.29, 1.82) is 0 Å². The number of anilines is 1. The Morgan fingerprint density at radius 3 is 2.55 bits per heavy atom. The third-order valence-electron chi connectivity index (χ3n) is 2.96. The van der Waals surface area contributed by atoms with Crippen LogP contribution in [0.4, 0.5) is 5.69 Å². The number of nitrogens with zero attached hydrogens (tertiary/aromatic N) is 1. The summed E-state index contributed by atoms with van der Waals surface area (Å²) in [7, 11) is 0. The Kier molecular flexibility index (Phi) is 4.25. The lowest BCUT2D eigenvalue weighted by Gasteiger charge is -2.09. The SMILES string of the molecule is Cc1nc(C(=O)Nc2ccccc2Sc2ccccc2)co1. The van der Waals surface area contributed by atoms with Crippen LogP contribution in [0.15, 0.2) is 75.1 Å². The lowest BCUT2D eigenvalue weighted by Crippen LogP contribution is -2.12. The van der Waals surface area contributed by atoms with Gasteiger partial charge in [-0.25, -0.2) is 4.98 Å². The number of aromatic nitrogens is 1. The lowest BCUT2D eigenvalue weighted by atomic mass is 10.3. The van der Waals surface area contributed by atoms with Gasteiger partial charge in [0.05, 0.1) is 5.69 Å². The molecule has 0 bridgehead atoms. The zero-order chi connectivity index (χ0) is 15.4. The largest absolute Gasteiger partial charge is 0.448 e. The first-order valence-electron chi connectivity index (χ1n) is 6.78. The fraction of sp³-hybridized carbons (Fsp3) is 0.0588. The number of oxazole rings is 1. The maximum Gasteiger partial charge on any atom is 0.277 e. The molecule has 0 atom stereocenters. The summed E-state index contributed by atoms with van der Waals surface area (Å²) >= 11 is 1.60. The number of para-hydroxylation sites is 1. The molecule has 110 valence electrons. The minimum atomic E-state index is -0.280. The number of carbonyl (C=O) groups is 1. The van der Waals surface area contributed by atoms with Crippen LogP contribution >= 0.6 is 11.8 Å². The van der Waals surface area contributed by atoms with Gasteiger partial charge in [-0.15, -0.1) is 0 Å². The van der Waals surface area contributed by atoms with Crippen LogP contribution in [-0.4, -0.2) is 10.9 Å². The van der Waals surface area contributed by atoms with Gasteiger partial charge in [-0.2, -0.15) is 0 Å². The molecule has 1 heterocycles. The fourth-order valence-corrected chi connectivity index (χ4v) is 2.85. The Balaban J connectivity index is 1.81. The quantitative estimate of drug-likeness (QED) is 0.776. The van der Waals surface area contributed by atoms with Crippen LogP contribution in [0.25, 0.3) is 0 Å². The number of amides is 1. The third kappa shape index (κ3) is 3.38. The van der Waals surface area contributed by atoms with Crippen molar-refractivity contribution in [2.45, 2.75) is 16.7 Å². The van der Waals surface area contributed by atoms with Crippen LogP contribution in [0.3, 0.4) is 0 Å². The van der Waals surface area contributed by atoms with Gasteiger partial charge in [-0.1, -0.05) is 42.1 Å². The molecular formula is C17H14N2O2S. The van der Waals surface area contributed by atoms with Crippen molar-refractivity contribution in [3.8, 4) is 0 Å². The van der Waals surface area contributed by atoms with Gasteiger partial charge < -0.3 is 9.73 Å². The number of benzene rings is 2. The van der Waals surface area contributed by atoms with Crippen LogP contribution in [0.2, 0.25) is 0 Å². The van der Waals surface area contributed by atoms with E-state index in [-0.39, 0.29) is 11.6 Å². The summed E-state index contributed by atoms with van der Waals surface area (Å²) in [6, 6.07) is 17.7. The maximum absolute atomic E-state index is 12.2. The molecule has 0 radical (unpaired) electrons. The predicted molar refractivity (Wildman–Crippen MR) is 86.2 cm³/mol. The van der Waals surface area contributed by atoms with Crippen molar-refractivity contribution in [2.75, 3.05) is 5.32 Å². The molecule has 0 fully saturated rings. The van der Waals surface area contributed by atoms with E-state index in [2.05, 4.69) is 10.3 Å². The van der Waals surface area contributed by atoms with Crippen molar-refractivity contribution in [3.63, 3.8) is 0 Å². The molecule has 0 aliphatic carbocycles. The first kappa shape index (κ1) is 14.4. The molecule has 3 rings (SSSR count). The predicted octanol–water partition coefficient (Wildman–Crippen LogP) is 4.39. The van der Waals surface area contributed by atoms with E-state index in [0.717, 1.165) is 15.5 Å². The van der Waals surface area contributed by atoms with Gasteiger partial charge in [-0.05, 0) is 24.3 Å². The second kappa shape index (κ2) is 6.49. The van der Waals surface area contributed by atoms with E-state index in [1.807, 2.05) is 54.6 Å². The molecule has 1 amide bonds. The van der Waals surface area contributed by atoms with Gasteiger partial charge in [0.15, 0.2) is 11.6 Å². The van der Waals surface area contributed by atoms with Gasteiger partial charge >= 0.3 is 0 Å². The van der Waals surface area contributed by atoms with Crippen LogP contribution in [0.1, 0.15) is 16.4 Å². The maximum atomic E-state index is 12.2. The van der Waals surface area contributed by atoms with Crippen molar-refractivity contribution in [3.05, 3.63) is 72.4 Å². The molecule has 0 saturated carbocycles. The number of carbonyl (C=O) groups excluding carboxylic acids is 1. The Morgan fingerprint density at radius 2 is 1.82 bits per heavy atom. The van der Waals surface area contributed by atoms with Crippen LogP contribution in [0.5, 0.6) is 0 Å². The number of hydrogen-bond acceptors (Lipinski definition) is 4. The molecule has 2 aromatic carbocycles. The van der Waals surface area contributed by atoms with Gasteiger partial charge in [-0.3, -0.25) is 4.79 Å². The van der Waals surface area contributed by atoms with Crippen molar-refractivity contribution < 1.29 is 9.21 Å². The van der Waals surface area contributed by atoms with E-state index >= 15 is 0 Å². The average molecular weight is 310 g/mol. The molecule has 3 aromatic rings. The zero-order valence-corrected chi connectivity index (χ0v) is 12.8. The average Bonchev–Trinajstić information content (AvgIpc) is 2.97. The summed E-state index contributed by atoms with van der Waals surface area (Å²) in [5, 5.41) is 2.88. The summed E-state index contributed by atoms with van der Waals surface area (Å²) in [5.41, 5.74) is 1.03. The minimum Gasteiger partial charge on any atom is -0.448 e. The van der Waals surface area contributed by atoms with E-state index in [1.54, 1.807) is 18.7 Å².